The van der Waals surface area contributed by atoms with Crippen LogP contribution in [0.5, 0.6) is 0 Å². The third kappa shape index (κ3) is 3.90. The molecule has 140 valence electrons. The van der Waals surface area contributed by atoms with E-state index in [0.717, 1.165) is 40.8 Å². The van der Waals surface area contributed by atoms with Crippen LogP contribution in [0.4, 0.5) is 0 Å². The fourth-order valence-electron chi connectivity index (χ4n) is 3.99. The fourth-order valence-corrected chi connectivity index (χ4v) is 3.99. The molecule has 1 aliphatic carbocycles. The number of ketones is 1. The molecule has 0 saturated heterocycles. The topological polar surface area (TPSA) is 86.7 Å². The molecular formula is C21H25N5O. The molecule has 1 fully saturated rings. The second-order valence-corrected chi connectivity index (χ2v) is 7.57. The van der Waals surface area contributed by atoms with Crippen LogP contribution in [0.1, 0.15) is 43.5 Å². The minimum Gasteiger partial charge on any atom is -0.327 e. The SMILES string of the molecule is Cc1cc(-n2ncc3cc(CC(=O)C[C@H]4CCCC[C@@H]4N)ncc32)ccn1. The molecule has 0 amide bonds. The number of aromatic nitrogens is 4. The minimum absolute atomic E-state index is 0.167. The van der Waals surface area contributed by atoms with Gasteiger partial charge in [-0.05, 0) is 43.9 Å². The third-order valence-electron chi connectivity index (χ3n) is 5.47. The lowest BCUT2D eigenvalue weighted by atomic mass is 9.81. The van der Waals surface area contributed by atoms with E-state index in [2.05, 4.69) is 15.1 Å². The molecule has 2 atom stereocenters. The normalized spacial score (nSPS) is 20.1. The van der Waals surface area contributed by atoms with Gasteiger partial charge in [0.2, 0.25) is 0 Å². The van der Waals surface area contributed by atoms with Crippen molar-refractivity contribution in [2.75, 3.05) is 0 Å². The molecule has 27 heavy (non-hydrogen) atoms. The van der Waals surface area contributed by atoms with Gasteiger partial charge in [-0.2, -0.15) is 5.10 Å². The smallest absolute Gasteiger partial charge is 0.139 e. The highest BCUT2D eigenvalue weighted by Crippen LogP contribution is 2.26. The summed E-state index contributed by atoms with van der Waals surface area (Å²) in [5, 5.41) is 5.46. The summed E-state index contributed by atoms with van der Waals surface area (Å²) in [6, 6.07) is 6.04. The Bertz CT molecular complexity index is 964. The van der Waals surface area contributed by atoms with Crippen LogP contribution in [-0.2, 0) is 11.2 Å². The second kappa shape index (κ2) is 7.56. The lowest BCUT2D eigenvalue weighted by Crippen LogP contribution is -2.34. The fraction of sp³-hybridized carbons (Fsp3) is 0.429. The molecule has 0 aliphatic heterocycles. The number of carbonyl (C=O) groups excluding carboxylic acids is 1. The van der Waals surface area contributed by atoms with Crippen molar-refractivity contribution in [1.29, 1.82) is 0 Å². The molecule has 4 rings (SSSR count). The summed E-state index contributed by atoms with van der Waals surface area (Å²) in [6.07, 6.45) is 10.8. The zero-order valence-electron chi connectivity index (χ0n) is 15.6. The highest BCUT2D eigenvalue weighted by Gasteiger charge is 2.24. The molecule has 3 heterocycles. The first-order valence-electron chi connectivity index (χ1n) is 9.63. The molecular weight excluding hydrogens is 338 g/mol. The Labute approximate surface area is 158 Å². The van der Waals surface area contributed by atoms with E-state index in [1.54, 1.807) is 12.4 Å². The Kier molecular flexibility index (Phi) is 4.99. The molecule has 6 heteroatoms. The van der Waals surface area contributed by atoms with E-state index in [9.17, 15) is 4.79 Å². The van der Waals surface area contributed by atoms with E-state index >= 15 is 0 Å². The van der Waals surface area contributed by atoms with Gasteiger partial charge in [-0.1, -0.05) is 12.8 Å². The molecule has 1 saturated carbocycles. The largest absolute Gasteiger partial charge is 0.327 e. The quantitative estimate of drug-likeness (QED) is 0.752. The highest BCUT2D eigenvalue weighted by molar-refractivity contribution is 5.84. The molecule has 0 aromatic carbocycles. The number of Topliss-reactive ketones (excluding diaryl/α,β-unsaturated/α-hetero) is 1. The number of carbonyl (C=O) groups is 1. The van der Waals surface area contributed by atoms with Crippen molar-refractivity contribution in [3.8, 4) is 5.69 Å². The van der Waals surface area contributed by atoms with Gasteiger partial charge in [0, 0.05) is 41.9 Å². The summed E-state index contributed by atoms with van der Waals surface area (Å²) < 4.78 is 1.85. The van der Waals surface area contributed by atoms with Crippen LogP contribution in [0.15, 0.2) is 36.8 Å². The first-order valence-corrected chi connectivity index (χ1v) is 9.63. The van der Waals surface area contributed by atoms with E-state index in [4.69, 9.17) is 5.73 Å². The van der Waals surface area contributed by atoms with Crippen LogP contribution in [0, 0.1) is 12.8 Å². The average Bonchev–Trinajstić information content (AvgIpc) is 3.07. The average molecular weight is 363 g/mol. The van der Waals surface area contributed by atoms with Gasteiger partial charge < -0.3 is 5.73 Å². The first-order chi connectivity index (χ1) is 13.1. The van der Waals surface area contributed by atoms with E-state index in [-0.39, 0.29) is 11.8 Å². The lowest BCUT2D eigenvalue weighted by molar-refractivity contribution is -0.119. The van der Waals surface area contributed by atoms with Gasteiger partial charge in [0.05, 0.1) is 23.6 Å². The number of pyridine rings is 2. The zero-order valence-corrected chi connectivity index (χ0v) is 15.6. The summed E-state index contributed by atoms with van der Waals surface area (Å²) in [5.41, 5.74) is 9.79. The second-order valence-electron chi connectivity index (χ2n) is 7.57. The Morgan fingerprint density at radius 1 is 1.22 bits per heavy atom. The van der Waals surface area contributed by atoms with Gasteiger partial charge in [-0.15, -0.1) is 0 Å². The highest BCUT2D eigenvalue weighted by atomic mass is 16.1. The molecule has 6 nitrogen and oxygen atoms in total. The van der Waals surface area contributed by atoms with Gasteiger partial charge in [-0.25, -0.2) is 4.68 Å². The van der Waals surface area contributed by atoms with Crippen molar-refractivity contribution >= 4 is 16.7 Å². The molecule has 2 N–H and O–H groups in total. The standard InChI is InChI=1S/C21H25N5O/c1-14-8-18(6-7-23-14)26-21-13-24-17(9-16(21)12-25-26)11-19(27)10-15-4-2-3-5-20(15)22/h6-9,12-13,15,20H,2-5,10-11,22H2,1H3/t15-,20+/m1/s1. The number of rotatable bonds is 5. The number of nitrogens with zero attached hydrogens (tertiary/aromatic N) is 4. The van der Waals surface area contributed by atoms with Crippen LogP contribution < -0.4 is 5.73 Å². The van der Waals surface area contributed by atoms with Gasteiger partial charge in [0.1, 0.15) is 5.78 Å². The molecule has 3 aromatic heterocycles. The number of hydrogen-bond acceptors (Lipinski definition) is 5. The van der Waals surface area contributed by atoms with Crippen LogP contribution >= 0.6 is 0 Å². The third-order valence-corrected chi connectivity index (χ3v) is 5.47. The summed E-state index contributed by atoms with van der Waals surface area (Å²) in [4.78, 5) is 21.2. The Balaban J connectivity index is 1.50. The van der Waals surface area contributed by atoms with Crippen molar-refractivity contribution in [2.24, 2.45) is 11.7 Å². The Morgan fingerprint density at radius 2 is 2.07 bits per heavy atom. The number of nitrogens with two attached hydrogens (primary N) is 1. The van der Waals surface area contributed by atoms with Crippen LogP contribution in [-0.4, -0.2) is 31.6 Å². The molecule has 3 aromatic rings. The van der Waals surface area contributed by atoms with E-state index < -0.39 is 0 Å². The minimum atomic E-state index is 0.167. The predicted molar refractivity (Wildman–Crippen MR) is 105 cm³/mol. The van der Waals surface area contributed by atoms with Crippen molar-refractivity contribution in [2.45, 2.75) is 51.5 Å². The molecule has 0 radical (unpaired) electrons. The number of aryl methyl sites for hydroxylation is 1. The van der Waals surface area contributed by atoms with Gasteiger partial charge >= 0.3 is 0 Å². The predicted octanol–water partition coefficient (Wildman–Crippen LogP) is 3.14. The summed E-state index contributed by atoms with van der Waals surface area (Å²) >= 11 is 0. The summed E-state index contributed by atoms with van der Waals surface area (Å²) in [6.45, 7) is 1.95. The first kappa shape index (κ1) is 17.8. The molecule has 0 unspecified atom stereocenters. The van der Waals surface area contributed by atoms with Gasteiger partial charge in [0.25, 0.3) is 0 Å². The Morgan fingerprint density at radius 3 is 2.89 bits per heavy atom. The molecule has 1 aliphatic rings. The van der Waals surface area contributed by atoms with E-state index in [0.29, 0.717) is 18.8 Å². The van der Waals surface area contributed by atoms with Crippen molar-refractivity contribution in [3.63, 3.8) is 0 Å². The van der Waals surface area contributed by atoms with Crippen LogP contribution in [0.2, 0.25) is 0 Å². The molecule has 0 bridgehead atoms. The number of fused-ring (bicyclic) bond motifs is 1. The molecule has 0 spiro atoms. The maximum absolute atomic E-state index is 12.5. The van der Waals surface area contributed by atoms with Crippen molar-refractivity contribution in [1.82, 2.24) is 19.7 Å². The Hall–Kier alpha value is -2.60. The van der Waals surface area contributed by atoms with Crippen molar-refractivity contribution in [3.05, 3.63) is 48.2 Å². The monoisotopic (exact) mass is 363 g/mol. The lowest BCUT2D eigenvalue weighted by Gasteiger charge is -2.27. The zero-order chi connectivity index (χ0) is 18.8. The summed E-state index contributed by atoms with van der Waals surface area (Å²) in [7, 11) is 0. The van der Waals surface area contributed by atoms with Crippen LogP contribution in [0.3, 0.4) is 0 Å². The van der Waals surface area contributed by atoms with E-state index in [1.165, 1.54) is 12.8 Å². The van der Waals surface area contributed by atoms with E-state index in [1.807, 2.05) is 36.0 Å². The summed E-state index contributed by atoms with van der Waals surface area (Å²) in [5.74, 6) is 0.550. The van der Waals surface area contributed by atoms with Crippen molar-refractivity contribution < 1.29 is 4.79 Å². The van der Waals surface area contributed by atoms with Gasteiger partial charge in [-0.3, -0.25) is 14.8 Å². The van der Waals surface area contributed by atoms with Crippen LogP contribution in [0.25, 0.3) is 16.6 Å². The number of hydrogen-bond donors (Lipinski definition) is 1. The maximum atomic E-state index is 12.5. The van der Waals surface area contributed by atoms with Gasteiger partial charge in [0.15, 0.2) is 0 Å². The maximum Gasteiger partial charge on any atom is 0.139 e.